The highest BCUT2D eigenvalue weighted by atomic mass is 16.5. The number of aromatic amines is 1. The second-order valence-corrected chi connectivity index (χ2v) is 11.2. The van der Waals surface area contributed by atoms with E-state index in [2.05, 4.69) is 56.9 Å². The fourth-order valence-corrected chi connectivity index (χ4v) is 6.25. The number of pyridine rings is 1. The van der Waals surface area contributed by atoms with Gasteiger partial charge in [0.15, 0.2) is 11.5 Å². The van der Waals surface area contributed by atoms with Crippen molar-refractivity contribution in [2.24, 2.45) is 0 Å². The Labute approximate surface area is 234 Å². The van der Waals surface area contributed by atoms with E-state index in [1.807, 2.05) is 16.9 Å². The number of morpholine rings is 2. The molecule has 3 saturated heterocycles. The summed E-state index contributed by atoms with van der Waals surface area (Å²) in [4.78, 5) is 21.1. The van der Waals surface area contributed by atoms with Crippen LogP contribution in [0.1, 0.15) is 24.2 Å². The number of benzene rings is 1. The molecule has 1 N–H and O–H groups in total. The van der Waals surface area contributed by atoms with E-state index in [0.29, 0.717) is 19.3 Å². The van der Waals surface area contributed by atoms with Crippen molar-refractivity contribution >= 4 is 16.9 Å². The number of imidazole rings is 1. The van der Waals surface area contributed by atoms with Gasteiger partial charge in [-0.1, -0.05) is 23.8 Å². The molecule has 10 heteroatoms. The molecule has 3 aliphatic rings. The molecule has 3 aliphatic heterocycles. The quantitative estimate of drug-likeness (QED) is 0.397. The van der Waals surface area contributed by atoms with Gasteiger partial charge in [0.2, 0.25) is 0 Å². The van der Waals surface area contributed by atoms with Crippen molar-refractivity contribution in [3.05, 3.63) is 54.0 Å². The second-order valence-electron chi connectivity index (χ2n) is 11.2. The lowest BCUT2D eigenvalue weighted by Gasteiger charge is -2.39. The molecular formula is C30H38N8O2. The number of likely N-dealkylation sites (tertiary alicyclic amines) is 1. The van der Waals surface area contributed by atoms with Crippen LogP contribution in [0.25, 0.3) is 28.2 Å². The van der Waals surface area contributed by atoms with Crippen molar-refractivity contribution in [1.82, 2.24) is 34.5 Å². The molecule has 0 spiro atoms. The Morgan fingerprint density at radius 3 is 2.45 bits per heavy atom. The third kappa shape index (κ3) is 5.36. The maximum Gasteiger partial charge on any atom is 0.162 e. The highest BCUT2D eigenvalue weighted by Gasteiger charge is 2.27. The molecule has 3 aromatic heterocycles. The molecule has 7 rings (SSSR count). The van der Waals surface area contributed by atoms with Crippen molar-refractivity contribution in [3.8, 4) is 17.1 Å². The number of fused-ring (bicyclic) bond motifs is 1. The first-order valence-electron chi connectivity index (χ1n) is 14.6. The third-order valence-electron chi connectivity index (χ3n) is 8.45. The van der Waals surface area contributed by atoms with Crippen LogP contribution in [0.5, 0.6) is 0 Å². The lowest BCUT2D eigenvalue weighted by molar-refractivity contribution is 0.0000599. The maximum absolute atomic E-state index is 5.65. The van der Waals surface area contributed by atoms with Gasteiger partial charge in [-0.25, -0.2) is 14.6 Å². The van der Waals surface area contributed by atoms with E-state index in [-0.39, 0.29) is 0 Å². The van der Waals surface area contributed by atoms with Crippen molar-refractivity contribution in [3.63, 3.8) is 0 Å². The molecular weight excluding hydrogens is 504 g/mol. The SMILES string of the molecule is Cc1cccc(-c2ccn(-c3cc(N4CCOCC4)c4nc(CN5CCC(N6CCOCC6)CC5)[nH]c4n3)n2)c1. The highest BCUT2D eigenvalue weighted by molar-refractivity contribution is 5.87. The van der Waals surface area contributed by atoms with Crippen LogP contribution in [0.3, 0.4) is 0 Å². The minimum atomic E-state index is 0.673. The number of hydrogen-bond donors (Lipinski definition) is 1. The number of rotatable bonds is 6. The maximum atomic E-state index is 5.65. The van der Waals surface area contributed by atoms with Gasteiger partial charge in [0.05, 0.1) is 44.4 Å². The van der Waals surface area contributed by atoms with Crippen LogP contribution in [0, 0.1) is 6.92 Å². The molecule has 3 fully saturated rings. The minimum absolute atomic E-state index is 0.673. The summed E-state index contributed by atoms with van der Waals surface area (Å²) in [5.41, 5.74) is 6.08. The number of aromatic nitrogens is 5. The molecule has 0 atom stereocenters. The van der Waals surface area contributed by atoms with Gasteiger partial charge < -0.3 is 19.4 Å². The van der Waals surface area contributed by atoms with Gasteiger partial charge in [-0.15, -0.1) is 0 Å². The Hall–Kier alpha value is -3.31. The van der Waals surface area contributed by atoms with Gasteiger partial charge in [-0.05, 0) is 31.9 Å². The first kappa shape index (κ1) is 25.6. The fraction of sp³-hybridized carbons (Fsp3) is 0.500. The highest BCUT2D eigenvalue weighted by Crippen LogP contribution is 2.29. The number of piperidine rings is 1. The Balaban J connectivity index is 1.14. The lowest BCUT2D eigenvalue weighted by atomic mass is 10.0. The number of ether oxygens (including phenoxy) is 2. The van der Waals surface area contributed by atoms with Gasteiger partial charge in [-0.2, -0.15) is 5.10 Å². The summed E-state index contributed by atoms with van der Waals surface area (Å²) >= 11 is 0. The monoisotopic (exact) mass is 542 g/mol. The zero-order valence-electron chi connectivity index (χ0n) is 23.3. The first-order chi connectivity index (χ1) is 19.7. The average molecular weight is 543 g/mol. The third-order valence-corrected chi connectivity index (χ3v) is 8.45. The summed E-state index contributed by atoms with van der Waals surface area (Å²) in [6, 6.07) is 13.3. The van der Waals surface area contributed by atoms with Crippen molar-refractivity contribution in [1.29, 1.82) is 0 Å². The lowest BCUT2D eigenvalue weighted by Crippen LogP contribution is -2.48. The smallest absolute Gasteiger partial charge is 0.162 e. The number of H-pyrrole nitrogens is 1. The Morgan fingerprint density at radius 2 is 1.68 bits per heavy atom. The van der Waals surface area contributed by atoms with Crippen LogP contribution in [-0.2, 0) is 16.0 Å². The predicted octanol–water partition coefficient (Wildman–Crippen LogP) is 3.25. The zero-order valence-corrected chi connectivity index (χ0v) is 23.3. The number of anilines is 1. The normalized spacial score (nSPS) is 20.0. The van der Waals surface area contributed by atoms with Crippen LogP contribution in [0.2, 0.25) is 0 Å². The van der Waals surface area contributed by atoms with Gasteiger partial charge in [0.1, 0.15) is 11.3 Å². The number of nitrogens with one attached hydrogen (secondary N) is 1. The summed E-state index contributed by atoms with van der Waals surface area (Å²) in [5.74, 6) is 1.76. The van der Waals surface area contributed by atoms with Gasteiger partial charge >= 0.3 is 0 Å². The van der Waals surface area contributed by atoms with E-state index in [9.17, 15) is 0 Å². The molecule has 0 saturated carbocycles. The summed E-state index contributed by atoms with van der Waals surface area (Å²) in [6.45, 7) is 12.1. The van der Waals surface area contributed by atoms with Gasteiger partial charge in [0.25, 0.3) is 0 Å². The second kappa shape index (κ2) is 11.3. The van der Waals surface area contributed by atoms with E-state index in [0.717, 1.165) is 98.8 Å². The largest absolute Gasteiger partial charge is 0.379 e. The van der Waals surface area contributed by atoms with Crippen molar-refractivity contribution in [2.45, 2.75) is 32.4 Å². The molecule has 10 nitrogen and oxygen atoms in total. The van der Waals surface area contributed by atoms with Crippen LogP contribution in [0.15, 0.2) is 42.6 Å². The standard InChI is InChI=1S/C30H38N8O2/c1-22-3-2-4-23(19-22)25-7-10-38(34-25)28-20-26(37-13-17-40-18-14-37)29-30(33-28)32-27(31-29)21-35-8-5-24(6-9-35)36-11-15-39-16-12-36/h2-4,7,10,19-20,24H,5-6,8-9,11-18,21H2,1H3,(H,31,32,33). The first-order valence-corrected chi connectivity index (χ1v) is 14.6. The molecule has 0 amide bonds. The summed E-state index contributed by atoms with van der Waals surface area (Å²) in [6.07, 6.45) is 4.39. The predicted molar refractivity (Wildman–Crippen MR) is 155 cm³/mol. The van der Waals surface area contributed by atoms with Gasteiger partial charge in [-0.3, -0.25) is 9.80 Å². The van der Waals surface area contributed by atoms with E-state index in [1.54, 1.807) is 0 Å². The van der Waals surface area contributed by atoms with Crippen LogP contribution in [-0.4, -0.2) is 106 Å². The van der Waals surface area contributed by atoms with Crippen LogP contribution < -0.4 is 4.90 Å². The number of hydrogen-bond acceptors (Lipinski definition) is 8. The zero-order chi connectivity index (χ0) is 26.9. The topological polar surface area (TPSA) is 87.6 Å². The molecule has 0 radical (unpaired) electrons. The summed E-state index contributed by atoms with van der Waals surface area (Å²) in [7, 11) is 0. The Bertz CT molecular complexity index is 1450. The summed E-state index contributed by atoms with van der Waals surface area (Å²) < 4.78 is 13.1. The Morgan fingerprint density at radius 1 is 0.900 bits per heavy atom. The van der Waals surface area contributed by atoms with E-state index in [1.165, 1.54) is 18.4 Å². The minimum Gasteiger partial charge on any atom is -0.379 e. The molecule has 210 valence electrons. The molecule has 0 unspecified atom stereocenters. The molecule has 40 heavy (non-hydrogen) atoms. The van der Waals surface area contributed by atoms with Crippen molar-refractivity contribution in [2.75, 3.05) is 70.6 Å². The molecule has 6 heterocycles. The molecule has 0 bridgehead atoms. The van der Waals surface area contributed by atoms with Crippen molar-refractivity contribution < 1.29 is 9.47 Å². The Kier molecular flexibility index (Phi) is 7.24. The average Bonchev–Trinajstić information content (AvgIpc) is 3.65. The van der Waals surface area contributed by atoms with E-state index < -0.39 is 0 Å². The van der Waals surface area contributed by atoms with E-state index in [4.69, 9.17) is 24.5 Å². The van der Waals surface area contributed by atoms with E-state index >= 15 is 0 Å². The van der Waals surface area contributed by atoms with Crippen LogP contribution >= 0.6 is 0 Å². The molecule has 0 aliphatic carbocycles. The fourth-order valence-electron chi connectivity index (χ4n) is 6.25. The number of nitrogens with zero attached hydrogens (tertiary/aromatic N) is 7. The molecule has 1 aromatic carbocycles. The van der Waals surface area contributed by atoms with Gasteiger partial charge in [0, 0.05) is 63.1 Å². The number of aryl methyl sites for hydroxylation is 1. The summed E-state index contributed by atoms with van der Waals surface area (Å²) in [5, 5.41) is 4.89. The molecule has 4 aromatic rings. The van der Waals surface area contributed by atoms with Crippen LogP contribution in [0.4, 0.5) is 5.69 Å².